The molecule has 1 amide bonds. The first-order valence-electron chi connectivity index (χ1n) is 8.94. The Morgan fingerprint density at radius 1 is 1.13 bits per heavy atom. The number of aromatic nitrogens is 1. The fourth-order valence-corrected chi connectivity index (χ4v) is 4.17. The number of rotatable bonds is 7. The molecular formula is C21H19ClN4O3S. The third-order valence-corrected chi connectivity index (χ3v) is 6.09. The van der Waals surface area contributed by atoms with Crippen molar-refractivity contribution < 1.29 is 13.2 Å². The zero-order valence-electron chi connectivity index (χ0n) is 16.1. The van der Waals surface area contributed by atoms with E-state index in [0.29, 0.717) is 10.7 Å². The highest BCUT2D eigenvalue weighted by Crippen LogP contribution is 2.26. The lowest BCUT2D eigenvalue weighted by Crippen LogP contribution is -2.39. The van der Waals surface area contributed by atoms with Crippen molar-refractivity contribution in [3.05, 3.63) is 89.2 Å². The summed E-state index contributed by atoms with van der Waals surface area (Å²) in [5.41, 5.74) is 4.07. The van der Waals surface area contributed by atoms with Gasteiger partial charge in [-0.05, 0) is 49.4 Å². The number of pyridine rings is 1. The lowest BCUT2D eigenvalue weighted by Gasteiger charge is -2.24. The zero-order valence-corrected chi connectivity index (χ0v) is 17.6. The van der Waals surface area contributed by atoms with E-state index < -0.39 is 22.5 Å². The van der Waals surface area contributed by atoms with Gasteiger partial charge in [0.2, 0.25) is 0 Å². The molecule has 0 bridgehead atoms. The smallest absolute Gasteiger partial charge is 0.264 e. The number of aryl methyl sites for hydroxylation is 1. The Morgan fingerprint density at radius 2 is 1.90 bits per heavy atom. The second-order valence-electron chi connectivity index (χ2n) is 6.35. The number of nitrogens with one attached hydrogen (secondary N) is 1. The Bertz CT molecular complexity index is 1150. The van der Waals surface area contributed by atoms with Gasteiger partial charge in [0, 0.05) is 11.2 Å². The van der Waals surface area contributed by atoms with Gasteiger partial charge in [-0.3, -0.25) is 14.1 Å². The summed E-state index contributed by atoms with van der Waals surface area (Å²) in [6.45, 7) is 1.38. The topological polar surface area (TPSA) is 91.7 Å². The van der Waals surface area contributed by atoms with Gasteiger partial charge >= 0.3 is 0 Å². The minimum Gasteiger partial charge on any atom is -0.271 e. The number of hydrazone groups is 1. The number of hydrogen-bond acceptors (Lipinski definition) is 5. The van der Waals surface area contributed by atoms with Crippen molar-refractivity contribution in [1.82, 2.24) is 10.4 Å². The number of carbonyl (C=O) groups excluding carboxylic acids is 1. The van der Waals surface area contributed by atoms with Gasteiger partial charge in [0.15, 0.2) is 0 Å². The molecule has 0 unspecified atom stereocenters. The van der Waals surface area contributed by atoms with Crippen molar-refractivity contribution in [2.45, 2.75) is 11.8 Å². The molecule has 0 saturated carbocycles. The number of carbonyl (C=O) groups is 1. The highest BCUT2D eigenvalue weighted by molar-refractivity contribution is 7.92. The Morgan fingerprint density at radius 3 is 2.57 bits per heavy atom. The van der Waals surface area contributed by atoms with E-state index in [1.165, 1.54) is 24.4 Å². The molecule has 1 heterocycles. The summed E-state index contributed by atoms with van der Waals surface area (Å²) in [6, 6.07) is 17.9. The van der Waals surface area contributed by atoms with Crippen LogP contribution in [0.5, 0.6) is 0 Å². The Labute approximate surface area is 180 Å². The number of nitrogens with zero attached hydrogens (tertiary/aromatic N) is 3. The van der Waals surface area contributed by atoms with Crippen LogP contribution in [0.4, 0.5) is 5.69 Å². The minimum atomic E-state index is -4.01. The van der Waals surface area contributed by atoms with Gasteiger partial charge in [-0.25, -0.2) is 13.8 Å². The van der Waals surface area contributed by atoms with Gasteiger partial charge in [0.1, 0.15) is 6.54 Å². The second kappa shape index (κ2) is 9.51. The van der Waals surface area contributed by atoms with Crippen LogP contribution in [-0.4, -0.2) is 32.1 Å². The number of hydrogen-bond donors (Lipinski definition) is 1. The largest absolute Gasteiger partial charge is 0.271 e. The maximum atomic E-state index is 13.2. The second-order valence-corrected chi connectivity index (χ2v) is 8.65. The van der Waals surface area contributed by atoms with Gasteiger partial charge in [0.05, 0.1) is 22.5 Å². The first-order chi connectivity index (χ1) is 14.4. The van der Waals surface area contributed by atoms with E-state index in [1.54, 1.807) is 54.7 Å². The lowest BCUT2D eigenvalue weighted by molar-refractivity contribution is -0.119. The van der Waals surface area contributed by atoms with E-state index in [1.807, 2.05) is 6.92 Å². The van der Waals surface area contributed by atoms with Crippen molar-refractivity contribution in [3.63, 3.8) is 0 Å². The predicted octanol–water partition coefficient (Wildman–Crippen LogP) is 3.39. The number of anilines is 1. The van der Waals surface area contributed by atoms with Gasteiger partial charge in [0.25, 0.3) is 15.9 Å². The highest BCUT2D eigenvalue weighted by Gasteiger charge is 2.27. The summed E-state index contributed by atoms with van der Waals surface area (Å²) in [5, 5.41) is 4.19. The van der Waals surface area contributed by atoms with Crippen molar-refractivity contribution in [3.8, 4) is 0 Å². The van der Waals surface area contributed by atoms with Gasteiger partial charge in [-0.15, -0.1) is 0 Å². The molecule has 0 radical (unpaired) electrons. The van der Waals surface area contributed by atoms with Crippen LogP contribution in [0.3, 0.4) is 0 Å². The summed E-state index contributed by atoms with van der Waals surface area (Å²) < 4.78 is 27.5. The molecule has 154 valence electrons. The normalized spacial score (nSPS) is 11.4. The third-order valence-electron chi connectivity index (χ3n) is 4.07. The van der Waals surface area contributed by atoms with Gasteiger partial charge < -0.3 is 0 Å². The molecule has 9 heteroatoms. The van der Waals surface area contributed by atoms with E-state index in [9.17, 15) is 13.2 Å². The van der Waals surface area contributed by atoms with E-state index in [0.717, 1.165) is 9.87 Å². The van der Waals surface area contributed by atoms with E-state index in [4.69, 9.17) is 11.6 Å². The quantitative estimate of drug-likeness (QED) is 0.448. The van der Waals surface area contributed by atoms with Crippen molar-refractivity contribution in [1.29, 1.82) is 0 Å². The van der Waals surface area contributed by atoms with Gasteiger partial charge in [-0.1, -0.05) is 41.4 Å². The van der Waals surface area contributed by atoms with E-state index in [2.05, 4.69) is 15.5 Å². The summed E-state index contributed by atoms with van der Waals surface area (Å²) in [4.78, 5) is 16.6. The SMILES string of the molecule is Cc1ccc(S(=O)(=O)N(CC(=O)N/N=C\c2ccccn2)c2cccc(Cl)c2)cc1. The third kappa shape index (κ3) is 5.43. The first-order valence-corrected chi connectivity index (χ1v) is 10.8. The summed E-state index contributed by atoms with van der Waals surface area (Å²) >= 11 is 6.04. The maximum Gasteiger partial charge on any atom is 0.264 e. The van der Waals surface area contributed by atoms with Crippen LogP contribution in [0.1, 0.15) is 11.3 Å². The van der Waals surface area contributed by atoms with Crippen molar-refractivity contribution >= 4 is 39.4 Å². The number of sulfonamides is 1. The maximum absolute atomic E-state index is 13.2. The fourth-order valence-electron chi connectivity index (χ4n) is 2.57. The molecule has 30 heavy (non-hydrogen) atoms. The average Bonchev–Trinajstić information content (AvgIpc) is 2.73. The molecule has 0 saturated heterocycles. The molecule has 0 aliphatic carbocycles. The molecular weight excluding hydrogens is 424 g/mol. The van der Waals surface area contributed by atoms with Crippen LogP contribution in [0.15, 0.2) is 82.9 Å². The number of halogens is 1. The molecule has 1 aromatic heterocycles. The molecule has 2 aromatic carbocycles. The molecule has 3 rings (SSSR count). The lowest BCUT2D eigenvalue weighted by atomic mass is 10.2. The Balaban J connectivity index is 1.85. The standard InChI is InChI=1S/C21H19ClN4O3S/c1-16-8-10-20(11-9-16)30(28,29)26(19-7-4-5-17(22)13-19)15-21(27)25-24-14-18-6-2-3-12-23-18/h2-14H,15H2,1H3,(H,25,27)/b24-14-. The fraction of sp³-hybridized carbons (Fsp3) is 0.0952. The van der Waals surface area contributed by atoms with Gasteiger partial charge in [-0.2, -0.15) is 5.10 Å². The van der Waals surface area contributed by atoms with E-state index in [-0.39, 0.29) is 10.6 Å². The monoisotopic (exact) mass is 442 g/mol. The zero-order chi connectivity index (χ0) is 21.6. The van der Waals surface area contributed by atoms with Crippen LogP contribution in [0.25, 0.3) is 0 Å². The predicted molar refractivity (Wildman–Crippen MR) is 117 cm³/mol. The molecule has 0 spiro atoms. The Kier molecular flexibility index (Phi) is 6.81. The van der Waals surface area contributed by atoms with Crippen LogP contribution in [0.2, 0.25) is 5.02 Å². The molecule has 0 fully saturated rings. The Hall–Kier alpha value is -3.23. The van der Waals surface area contributed by atoms with Crippen molar-refractivity contribution in [2.24, 2.45) is 5.10 Å². The van der Waals surface area contributed by atoms with Crippen LogP contribution in [-0.2, 0) is 14.8 Å². The van der Waals surface area contributed by atoms with E-state index >= 15 is 0 Å². The highest BCUT2D eigenvalue weighted by atomic mass is 35.5. The number of benzene rings is 2. The van der Waals surface area contributed by atoms with Crippen LogP contribution in [0, 0.1) is 6.92 Å². The molecule has 3 aromatic rings. The van der Waals surface area contributed by atoms with Crippen molar-refractivity contribution in [2.75, 3.05) is 10.8 Å². The first kappa shape index (κ1) is 21.5. The molecule has 0 aliphatic heterocycles. The number of amides is 1. The summed E-state index contributed by atoms with van der Waals surface area (Å²) in [7, 11) is -4.01. The average molecular weight is 443 g/mol. The van der Waals surface area contributed by atoms with Crippen LogP contribution >= 0.6 is 11.6 Å². The molecule has 0 aliphatic rings. The molecule has 1 N–H and O–H groups in total. The summed E-state index contributed by atoms with van der Waals surface area (Å²) in [6.07, 6.45) is 2.97. The molecule has 0 atom stereocenters. The summed E-state index contributed by atoms with van der Waals surface area (Å²) in [5.74, 6) is -0.613. The molecule has 7 nitrogen and oxygen atoms in total. The minimum absolute atomic E-state index is 0.0675. The van der Waals surface area contributed by atoms with Crippen LogP contribution < -0.4 is 9.73 Å².